The number of nitriles is 1. The second-order valence-electron chi connectivity index (χ2n) is 8.01. The minimum atomic E-state index is -0.470. The minimum Gasteiger partial charge on any atom is -0.494 e. The van der Waals surface area contributed by atoms with Crippen LogP contribution in [0, 0.1) is 11.3 Å². The van der Waals surface area contributed by atoms with Crippen molar-refractivity contribution >= 4 is 5.97 Å². The van der Waals surface area contributed by atoms with Gasteiger partial charge in [-0.05, 0) is 42.3 Å². The van der Waals surface area contributed by atoms with Gasteiger partial charge in [0.05, 0.1) is 18.1 Å². The maximum absolute atomic E-state index is 12.4. The van der Waals surface area contributed by atoms with Gasteiger partial charge in [-0.1, -0.05) is 56.2 Å². The number of benzene rings is 3. The summed E-state index contributed by atoms with van der Waals surface area (Å²) in [6.07, 6.45) is 3.23. The van der Waals surface area contributed by atoms with E-state index < -0.39 is 11.9 Å². The van der Waals surface area contributed by atoms with E-state index in [2.05, 4.69) is 13.0 Å². The summed E-state index contributed by atoms with van der Waals surface area (Å²) in [5, 5.41) is 9.82. The molecule has 0 spiro atoms. The van der Waals surface area contributed by atoms with Crippen molar-refractivity contribution in [2.75, 3.05) is 6.61 Å². The van der Waals surface area contributed by atoms with E-state index in [0.717, 1.165) is 36.1 Å². The van der Waals surface area contributed by atoms with E-state index in [0.29, 0.717) is 29.2 Å². The van der Waals surface area contributed by atoms with Crippen molar-refractivity contribution in [1.82, 2.24) is 0 Å². The Morgan fingerprint density at radius 1 is 1.03 bits per heavy atom. The number of nitrogens with zero attached hydrogens (tertiary/aromatic N) is 1. The number of unbranched alkanes of at least 4 members (excludes halogenated alkanes) is 2. The van der Waals surface area contributed by atoms with Crippen LogP contribution >= 0.6 is 0 Å². The lowest BCUT2D eigenvalue weighted by Gasteiger charge is -2.27. The van der Waals surface area contributed by atoms with Crippen molar-refractivity contribution in [3.8, 4) is 23.3 Å². The molecule has 1 unspecified atom stereocenters. The molecule has 0 saturated heterocycles. The summed E-state index contributed by atoms with van der Waals surface area (Å²) in [5.74, 6) is 0.641. The Morgan fingerprint density at radius 3 is 2.62 bits per heavy atom. The molecule has 0 radical (unpaired) electrons. The van der Waals surface area contributed by atoms with Crippen LogP contribution in [0.3, 0.4) is 0 Å². The van der Waals surface area contributed by atoms with E-state index in [-0.39, 0.29) is 5.88 Å². The largest absolute Gasteiger partial charge is 0.494 e. The van der Waals surface area contributed by atoms with Crippen molar-refractivity contribution in [3.05, 3.63) is 101 Å². The third-order valence-electron chi connectivity index (χ3n) is 5.62. The van der Waals surface area contributed by atoms with Crippen LogP contribution in [0.2, 0.25) is 0 Å². The monoisotopic (exact) mass is 454 g/mol. The first-order valence-electron chi connectivity index (χ1n) is 11.3. The molecule has 6 heteroatoms. The lowest BCUT2D eigenvalue weighted by Crippen LogP contribution is -2.21. The lowest BCUT2D eigenvalue weighted by molar-refractivity contribution is 0.0734. The van der Waals surface area contributed by atoms with Crippen molar-refractivity contribution in [2.24, 2.45) is 5.73 Å². The average molecular weight is 455 g/mol. The van der Waals surface area contributed by atoms with Crippen molar-refractivity contribution in [3.63, 3.8) is 0 Å². The summed E-state index contributed by atoms with van der Waals surface area (Å²) in [6, 6.07) is 23.7. The first kappa shape index (κ1) is 22.9. The number of carbonyl (C=O) groups excluding carboxylic acids is 1. The summed E-state index contributed by atoms with van der Waals surface area (Å²) in [6.45, 7) is 2.79. The average Bonchev–Trinajstić information content (AvgIpc) is 2.86. The summed E-state index contributed by atoms with van der Waals surface area (Å²) < 4.78 is 17.2. The fourth-order valence-electron chi connectivity index (χ4n) is 3.91. The van der Waals surface area contributed by atoms with Crippen LogP contribution in [0.25, 0.3) is 0 Å². The van der Waals surface area contributed by atoms with Crippen molar-refractivity contribution < 1.29 is 19.0 Å². The van der Waals surface area contributed by atoms with Crippen molar-refractivity contribution in [1.29, 1.82) is 5.26 Å². The Bertz CT molecular complexity index is 1240. The molecule has 1 aliphatic heterocycles. The summed E-state index contributed by atoms with van der Waals surface area (Å²) in [7, 11) is 0. The SMILES string of the molecule is CCCCCOc1cccc(C2C(C#N)=C(N)Oc3cc(OC(=O)c4ccccc4)ccc32)c1. The molecular formula is C28H26N2O4. The number of rotatable bonds is 8. The first-order valence-corrected chi connectivity index (χ1v) is 11.3. The fourth-order valence-corrected chi connectivity index (χ4v) is 3.91. The van der Waals surface area contributed by atoms with Gasteiger partial charge in [0.25, 0.3) is 0 Å². The van der Waals surface area contributed by atoms with E-state index in [1.807, 2.05) is 30.3 Å². The topological polar surface area (TPSA) is 94.6 Å². The van der Waals surface area contributed by atoms with E-state index >= 15 is 0 Å². The molecule has 34 heavy (non-hydrogen) atoms. The number of esters is 1. The smallest absolute Gasteiger partial charge is 0.343 e. The highest BCUT2D eigenvalue weighted by atomic mass is 16.5. The molecular weight excluding hydrogens is 428 g/mol. The molecule has 1 atom stereocenters. The van der Waals surface area contributed by atoms with Crippen LogP contribution < -0.4 is 19.9 Å². The maximum atomic E-state index is 12.4. The van der Waals surface area contributed by atoms with Gasteiger partial charge in [0, 0.05) is 11.6 Å². The number of hydrogen-bond acceptors (Lipinski definition) is 6. The number of allylic oxidation sites excluding steroid dienone is 1. The summed E-state index contributed by atoms with van der Waals surface area (Å²) in [5.41, 5.74) is 8.52. The van der Waals surface area contributed by atoms with Gasteiger partial charge >= 0.3 is 5.97 Å². The molecule has 4 rings (SSSR count). The van der Waals surface area contributed by atoms with Gasteiger partial charge in [-0.3, -0.25) is 0 Å². The molecule has 6 nitrogen and oxygen atoms in total. The third-order valence-corrected chi connectivity index (χ3v) is 5.62. The zero-order valence-corrected chi connectivity index (χ0v) is 19.0. The molecule has 1 heterocycles. The van der Waals surface area contributed by atoms with E-state index in [1.165, 1.54) is 0 Å². The highest BCUT2D eigenvalue weighted by Gasteiger charge is 2.31. The molecule has 3 aromatic rings. The Morgan fingerprint density at radius 2 is 1.85 bits per heavy atom. The maximum Gasteiger partial charge on any atom is 0.343 e. The van der Waals surface area contributed by atoms with Crippen LogP contribution in [0.1, 0.15) is 53.6 Å². The van der Waals surface area contributed by atoms with Gasteiger partial charge in [0.2, 0.25) is 5.88 Å². The van der Waals surface area contributed by atoms with Gasteiger partial charge in [0.1, 0.15) is 28.9 Å². The normalized spacial score (nSPS) is 14.5. The first-order chi connectivity index (χ1) is 16.6. The fraction of sp³-hybridized carbons (Fsp3) is 0.214. The van der Waals surface area contributed by atoms with E-state index in [9.17, 15) is 10.1 Å². The van der Waals surface area contributed by atoms with Gasteiger partial charge in [-0.25, -0.2) is 4.79 Å². The van der Waals surface area contributed by atoms with E-state index in [4.69, 9.17) is 19.9 Å². The van der Waals surface area contributed by atoms with E-state index in [1.54, 1.807) is 42.5 Å². The molecule has 3 aromatic carbocycles. The number of fused-ring (bicyclic) bond motifs is 1. The molecule has 1 aliphatic rings. The van der Waals surface area contributed by atoms with Gasteiger partial charge in [0.15, 0.2) is 0 Å². The van der Waals surface area contributed by atoms with Gasteiger partial charge < -0.3 is 19.9 Å². The second kappa shape index (κ2) is 10.6. The van der Waals surface area contributed by atoms with Crippen LogP contribution in [0.4, 0.5) is 0 Å². The highest BCUT2D eigenvalue weighted by molar-refractivity contribution is 5.91. The summed E-state index contributed by atoms with van der Waals surface area (Å²) in [4.78, 5) is 12.4. The Hall–Kier alpha value is -4.24. The zero-order chi connectivity index (χ0) is 23.9. The predicted molar refractivity (Wildman–Crippen MR) is 129 cm³/mol. The Labute approximate surface area is 199 Å². The standard InChI is InChI=1S/C28H26N2O4/c1-2-3-7-15-32-21-12-8-11-20(16-21)26-23-14-13-22(17-25(23)34-27(30)24(26)18-29)33-28(31)19-9-5-4-6-10-19/h4-6,8-14,16-17,26H,2-3,7,15,30H2,1H3. The molecule has 0 aromatic heterocycles. The Kier molecular flexibility index (Phi) is 7.14. The zero-order valence-electron chi connectivity index (χ0n) is 19.0. The van der Waals surface area contributed by atoms with Crippen LogP contribution in [0.5, 0.6) is 17.2 Å². The molecule has 0 aliphatic carbocycles. The molecule has 0 amide bonds. The number of ether oxygens (including phenoxy) is 3. The third kappa shape index (κ3) is 5.05. The van der Waals surface area contributed by atoms with Crippen LogP contribution in [-0.4, -0.2) is 12.6 Å². The molecule has 0 fully saturated rings. The van der Waals surface area contributed by atoms with Gasteiger partial charge in [-0.15, -0.1) is 0 Å². The molecule has 0 saturated carbocycles. The number of hydrogen-bond donors (Lipinski definition) is 1. The molecule has 2 N–H and O–H groups in total. The second-order valence-corrected chi connectivity index (χ2v) is 8.01. The highest BCUT2D eigenvalue weighted by Crippen LogP contribution is 2.44. The quantitative estimate of drug-likeness (QED) is 0.267. The number of carbonyl (C=O) groups is 1. The lowest BCUT2D eigenvalue weighted by atomic mass is 9.83. The molecule has 0 bridgehead atoms. The van der Waals surface area contributed by atoms with Gasteiger partial charge in [-0.2, -0.15) is 5.26 Å². The Balaban J connectivity index is 1.62. The van der Waals surface area contributed by atoms with Crippen LogP contribution in [0.15, 0.2) is 84.3 Å². The molecule has 172 valence electrons. The minimum absolute atomic E-state index is 0.0285. The number of nitrogens with two attached hydrogens (primary N) is 1. The van der Waals surface area contributed by atoms with Crippen LogP contribution in [-0.2, 0) is 0 Å². The van der Waals surface area contributed by atoms with Crippen molar-refractivity contribution in [2.45, 2.75) is 32.1 Å². The summed E-state index contributed by atoms with van der Waals surface area (Å²) >= 11 is 0. The predicted octanol–water partition coefficient (Wildman–Crippen LogP) is 5.69.